The summed E-state index contributed by atoms with van der Waals surface area (Å²) in [6, 6.07) is 6.18. The van der Waals surface area contributed by atoms with Gasteiger partial charge in [-0.05, 0) is 24.3 Å². The number of methoxy groups -OCH3 is 1. The molecular formula is C15H22N4O5S. The molecule has 1 aromatic rings. The van der Waals surface area contributed by atoms with Gasteiger partial charge in [0.15, 0.2) is 0 Å². The Hall–Kier alpha value is -2.17. The first-order chi connectivity index (χ1) is 11.9. The number of sulfonamides is 1. The van der Waals surface area contributed by atoms with Crippen LogP contribution in [-0.4, -0.2) is 62.7 Å². The van der Waals surface area contributed by atoms with Gasteiger partial charge in [0.2, 0.25) is 21.8 Å². The first-order valence-electron chi connectivity index (χ1n) is 7.80. The second-order valence-electron chi connectivity index (χ2n) is 5.53. The Labute approximate surface area is 146 Å². The second kappa shape index (κ2) is 8.28. The van der Waals surface area contributed by atoms with Crippen molar-refractivity contribution in [3.05, 3.63) is 24.3 Å². The highest BCUT2D eigenvalue weighted by atomic mass is 32.2. The maximum absolute atomic E-state index is 12.6. The molecule has 9 nitrogen and oxygen atoms in total. The quantitative estimate of drug-likeness (QED) is 0.388. The van der Waals surface area contributed by atoms with Gasteiger partial charge in [-0.15, -0.1) is 0 Å². The average molecular weight is 370 g/mol. The smallest absolute Gasteiger partial charge is 0.243 e. The number of hydrogen-bond acceptors (Lipinski definition) is 6. The van der Waals surface area contributed by atoms with Crippen LogP contribution in [0.4, 0.5) is 0 Å². The van der Waals surface area contributed by atoms with Crippen LogP contribution >= 0.6 is 0 Å². The van der Waals surface area contributed by atoms with Crippen molar-refractivity contribution in [1.82, 2.24) is 14.6 Å². The molecule has 25 heavy (non-hydrogen) atoms. The van der Waals surface area contributed by atoms with E-state index in [1.165, 1.54) is 23.5 Å². The minimum Gasteiger partial charge on any atom is -0.497 e. The monoisotopic (exact) mass is 370 g/mol. The van der Waals surface area contributed by atoms with Crippen LogP contribution in [0, 0.1) is 0 Å². The zero-order chi connectivity index (χ0) is 18.4. The van der Waals surface area contributed by atoms with Crippen molar-refractivity contribution in [2.24, 2.45) is 5.84 Å². The third-order valence-electron chi connectivity index (χ3n) is 4.02. The third-order valence-corrected chi connectivity index (χ3v) is 5.93. The van der Waals surface area contributed by atoms with Crippen LogP contribution in [0.3, 0.4) is 0 Å². The molecule has 1 saturated heterocycles. The predicted molar refractivity (Wildman–Crippen MR) is 89.9 cm³/mol. The van der Waals surface area contributed by atoms with Gasteiger partial charge >= 0.3 is 0 Å². The van der Waals surface area contributed by atoms with E-state index in [0.717, 1.165) is 0 Å². The molecule has 1 fully saturated rings. The fraction of sp³-hybridized carbons (Fsp3) is 0.467. The van der Waals surface area contributed by atoms with Crippen LogP contribution in [0.2, 0.25) is 0 Å². The summed E-state index contributed by atoms with van der Waals surface area (Å²) in [5.74, 6) is 4.95. The van der Waals surface area contributed by atoms with Crippen LogP contribution in [0.1, 0.15) is 12.8 Å². The summed E-state index contributed by atoms with van der Waals surface area (Å²) in [6.07, 6.45) is 0.0635. The van der Waals surface area contributed by atoms with Gasteiger partial charge in [-0.1, -0.05) is 0 Å². The molecule has 0 radical (unpaired) electrons. The lowest BCUT2D eigenvalue weighted by Crippen LogP contribution is -2.50. The Kier molecular flexibility index (Phi) is 6.34. The predicted octanol–water partition coefficient (Wildman–Crippen LogP) is -0.702. The molecule has 0 aromatic heterocycles. The van der Waals surface area contributed by atoms with E-state index in [1.807, 2.05) is 5.43 Å². The van der Waals surface area contributed by atoms with Gasteiger partial charge in [-0.25, -0.2) is 14.3 Å². The number of piperazine rings is 1. The molecule has 1 aromatic carbocycles. The van der Waals surface area contributed by atoms with Crippen molar-refractivity contribution in [1.29, 1.82) is 0 Å². The SMILES string of the molecule is COc1ccc(S(=O)(=O)N2CCN(C(=O)CCC(=O)NN)CC2)cc1. The van der Waals surface area contributed by atoms with E-state index in [4.69, 9.17) is 10.6 Å². The molecule has 0 bridgehead atoms. The number of benzene rings is 1. The van der Waals surface area contributed by atoms with E-state index in [-0.39, 0.29) is 36.7 Å². The maximum Gasteiger partial charge on any atom is 0.243 e. The fourth-order valence-corrected chi connectivity index (χ4v) is 3.95. The summed E-state index contributed by atoms with van der Waals surface area (Å²) < 4.78 is 31.6. The van der Waals surface area contributed by atoms with Crippen molar-refractivity contribution in [3.8, 4) is 5.75 Å². The van der Waals surface area contributed by atoms with Gasteiger partial charge in [0, 0.05) is 39.0 Å². The number of nitrogens with one attached hydrogen (secondary N) is 1. The highest BCUT2D eigenvalue weighted by Gasteiger charge is 2.30. The number of rotatable bonds is 6. The lowest BCUT2D eigenvalue weighted by Gasteiger charge is -2.34. The maximum atomic E-state index is 12.6. The van der Waals surface area contributed by atoms with Crippen molar-refractivity contribution in [2.75, 3.05) is 33.3 Å². The number of hydrazine groups is 1. The molecule has 0 aliphatic carbocycles. The number of hydrogen-bond donors (Lipinski definition) is 2. The Morgan fingerprint density at radius 3 is 2.24 bits per heavy atom. The summed E-state index contributed by atoms with van der Waals surface area (Å²) >= 11 is 0. The molecule has 10 heteroatoms. The van der Waals surface area contributed by atoms with Crippen LogP contribution in [0.5, 0.6) is 5.75 Å². The molecule has 1 aliphatic heterocycles. The molecule has 2 amide bonds. The highest BCUT2D eigenvalue weighted by molar-refractivity contribution is 7.89. The molecule has 1 aliphatic rings. The summed E-state index contributed by atoms with van der Waals surface area (Å²) in [5, 5.41) is 0. The van der Waals surface area contributed by atoms with E-state index in [9.17, 15) is 18.0 Å². The normalized spacial score (nSPS) is 15.7. The minimum atomic E-state index is -3.61. The number of carbonyl (C=O) groups is 2. The molecule has 0 unspecified atom stereocenters. The average Bonchev–Trinajstić information content (AvgIpc) is 2.65. The van der Waals surface area contributed by atoms with Crippen LogP contribution < -0.4 is 16.0 Å². The Bertz CT molecular complexity index is 712. The van der Waals surface area contributed by atoms with E-state index >= 15 is 0 Å². The molecule has 138 valence electrons. The molecule has 2 rings (SSSR count). The lowest BCUT2D eigenvalue weighted by molar-refractivity contribution is -0.134. The Morgan fingerprint density at radius 2 is 1.72 bits per heavy atom. The Morgan fingerprint density at radius 1 is 1.12 bits per heavy atom. The molecule has 0 spiro atoms. The zero-order valence-corrected chi connectivity index (χ0v) is 14.8. The van der Waals surface area contributed by atoms with Gasteiger partial charge in [0.25, 0.3) is 0 Å². The van der Waals surface area contributed by atoms with Crippen molar-refractivity contribution < 1.29 is 22.7 Å². The van der Waals surface area contributed by atoms with Crippen LogP contribution in [0.15, 0.2) is 29.2 Å². The fourth-order valence-electron chi connectivity index (χ4n) is 2.53. The number of nitrogens with zero attached hydrogens (tertiary/aromatic N) is 2. The number of ether oxygens (including phenoxy) is 1. The highest BCUT2D eigenvalue weighted by Crippen LogP contribution is 2.20. The molecule has 3 N–H and O–H groups in total. The van der Waals surface area contributed by atoms with Crippen molar-refractivity contribution in [2.45, 2.75) is 17.7 Å². The number of carbonyl (C=O) groups excluding carboxylic acids is 2. The van der Waals surface area contributed by atoms with E-state index in [1.54, 1.807) is 17.0 Å². The molecule has 0 atom stereocenters. The minimum absolute atomic E-state index is 0.0136. The zero-order valence-electron chi connectivity index (χ0n) is 14.0. The van der Waals surface area contributed by atoms with Gasteiger partial charge in [-0.2, -0.15) is 4.31 Å². The van der Waals surface area contributed by atoms with E-state index < -0.39 is 15.9 Å². The number of nitrogens with two attached hydrogens (primary N) is 1. The summed E-state index contributed by atoms with van der Waals surface area (Å²) in [6.45, 7) is 1.00. The van der Waals surface area contributed by atoms with Crippen LogP contribution in [-0.2, 0) is 19.6 Å². The standard InChI is InChI=1S/C15H22N4O5S/c1-24-12-2-4-13(5-3-12)25(22,23)19-10-8-18(9-11-19)15(21)7-6-14(20)17-16/h2-5H,6-11,16H2,1H3,(H,17,20). The Balaban J connectivity index is 1.94. The largest absolute Gasteiger partial charge is 0.497 e. The summed E-state index contributed by atoms with van der Waals surface area (Å²) in [5.41, 5.74) is 1.97. The second-order valence-corrected chi connectivity index (χ2v) is 7.47. The van der Waals surface area contributed by atoms with E-state index in [2.05, 4.69) is 0 Å². The van der Waals surface area contributed by atoms with Crippen molar-refractivity contribution in [3.63, 3.8) is 0 Å². The van der Waals surface area contributed by atoms with Gasteiger partial charge in [-0.3, -0.25) is 15.0 Å². The molecular weight excluding hydrogens is 348 g/mol. The molecule has 0 saturated carbocycles. The summed E-state index contributed by atoms with van der Waals surface area (Å²) in [7, 11) is -2.10. The van der Waals surface area contributed by atoms with Gasteiger partial charge in [0.05, 0.1) is 12.0 Å². The topological polar surface area (TPSA) is 122 Å². The van der Waals surface area contributed by atoms with Crippen LogP contribution in [0.25, 0.3) is 0 Å². The first-order valence-corrected chi connectivity index (χ1v) is 9.24. The third kappa shape index (κ3) is 4.68. The van der Waals surface area contributed by atoms with Crippen molar-refractivity contribution >= 4 is 21.8 Å². The first kappa shape index (κ1) is 19.2. The van der Waals surface area contributed by atoms with Gasteiger partial charge in [0.1, 0.15) is 5.75 Å². The van der Waals surface area contributed by atoms with Gasteiger partial charge < -0.3 is 9.64 Å². The molecule has 1 heterocycles. The summed E-state index contributed by atoms with van der Waals surface area (Å²) in [4.78, 5) is 24.9. The van der Waals surface area contributed by atoms with E-state index in [0.29, 0.717) is 18.8 Å². The lowest BCUT2D eigenvalue weighted by atomic mass is 10.2. The number of amides is 2.